The fraction of sp³-hybridized carbons (Fsp3) is 0.143. The Bertz CT molecular complexity index is 1210. The van der Waals surface area contributed by atoms with Crippen LogP contribution in [0.1, 0.15) is 28.5 Å². The van der Waals surface area contributed by atoms with Gasteiger partial charge >= 0.3 is 0 Å². The Kier molecular flexibility index (Phi) is 6.65. The van der Waals surface area contributed by atoms with Crippen molar-refractivity contribution in [3.8, 4) is 5.75 Å². The van der Waals surface area contributed by atoms with Crippen LogP contribution in [-0.2, 0) is 10.0 Å². The van der Waals surface area contributed by atoms with E-state index in [1.807, 2.05) is 0 Å². The molecule has 1 N–H and O–H groups in total. The van der Waals surface area contributed by atoms with E-state index in [4.69, 9.17) is 27.9 Å². The predicted molar refractivity (Wildman–Crippen MR) is 117 cm³/mol. The first kappa shape index (κ1) is 22.1. The third-order valence-corrected chi connectivity index (χ3v) is 6.18. The summed E-state index contributed by atoms with van der Waals surface area (Å²) in [4.78, 5) is 17.2. The van der Waals surface area contributed by atoms with Crippen LogP contribution in [0.5, 0.6) is 5.75 Å². The normalized spacial score (nSPS) is 11.2. The van der Waals surface area contributed by atoms with Crippen LogP contribution in [0.3, 0.4) is 0 Å². The number of nitrogens with one attached hydrogen (secondary N) is 1. The Morgan fingerprint density at radius 2 is 1.87 bits per heavy atom. The lowest BCUT2D eigenvalue weighted by molar-refractivity contribution is 0.103. The summed E-state index contributed by atoms with van der Waals surface area (Å²) in [6.07, 6.45) is 1.28. The quantitative estimate of drug-likeness (QED) is 0.489. The molecule has 0 saturated carbocycles. The van der Waals surface area contributed by atoms with Crippen LogP contribution in [0.4, 0.5) is 5.69 Å². The highest BCUT2D eigenvalue weighted by molar-refractivity contribution is 7.92. The number of benzene rings is 2. The van der Waals surface area contributed by atoms with Crippen molar-refractivity contribution in [2.45, 2.75) is 18.7 Å². The lowest BCUT2D eigenvalue weighted by Gasteiger charge is -2.14. The van der Waals surface area contributed by atoms with E-state index < -0.39 is 15.8 Å². The molecule has 1 aromatic heterocycles. The second kappa shape index (κ2) is 9.04. The number of pyridine rings is 1. The number of rotatable bonds is 7. The van der Waals surface area contributed by atoms with Crippen molar-refractivity contribution in [3.05, 3.63) is 81.6 Å². The van der Waals surface area contributed by atoms with E-state index in [0.717, 1.165) is 0 Å². The average Bonchev–Trinajstić information content (AvgIpc) is 2.70. The minimum atomic E-state index is -4.02. The van der Waals surface area contributed by atoms with Crippen molar-refractivity contribution in [3.63, 3.8) is 0 Å². The van der Waals surface area contributed by atoms with Gasteiger partial charge in [0.05, 0.1) is 27.8 Å². The molecule has 0 aliphatic rings. The molecule has 2 aromatic carbocycles. The minimum absolute atomic E-state index is 0.00232. The number of aromatic nitrogens is 1. The second-order valence-electron chi connectivity index (χ2n) is 6.32. The number of hydrogen-bond acceptors (Lipinski definition) is 5. The van der Waals surface area contributed by atoms with Gasteiger partial charge in [0.2, 0.25) is 5.78 Å². The van der Waals surface area contributed by atoms with E-state index >= 15 is 0 Å². The number of anilines is 1. The molecule has 3 aromatic rings. The van der Waals surface area contributed by atoms with Gasteiger partial charge in [-0.1, -0.05) is 35.3 Å². The van der Waals surface area contributed by atoms with E-state index in [0.29, 0.717) is 22.9 Å². The Morgan fingerprint density at radius 1 is 1.13 bits per heavy atom. The Labute approximate surface area is 184 Å². The fourth-order valence-electron chi connectivity index (χ4n) is 2.75. The molecule has 0 bridgehead atoms. The highest BCUT2D eigenvalue weighted by Gasteiger charge is 2.23. The number of nitrogens with zero attached hydrogens (tertiary/aromatic N) is 1. The molecule has 0 spiro atoms. The summed E-state index contributed by atoms with van der Waals surface area (Å²) in [7, 11) is -4.02. The first-order valence-electron chi connectivity index (χ1n) is 8.94. The van der Waals surface area contributed by atoms with E-state index in [1.165, 1.54) is 30.5 Å². The molecule has 0 aliphatic heterocycles. The lowest BCUT2D eigenvalue weighted by Crippen LogP contribution is -2.17. The second-order valence-corrected chi connectivity index (χ2v) is 8.85. The van der Waals surface area contributed by atoms with Gasteiger partial charge in [0.25, 0.3) is 10.0 Å². The van der Waals surface area contributed by atoms with Crippen molar-refractivity contribution in [2.75, 3.05) is 11.3 Å². The molecule has 30 heavy (non-hydrogen) atoms. The first-order chi connectivity index (χ1) is 14.2. The lowest BCUT2D eigenvalue weighted by atomic mass is 10.1. The van der Waals surface area contributed by atoms with Crippen molar-refractivity contribution >= 4 is 44.7 Å². The zero-order valence-electron chi connectivity index (χ0n) is 16.1. The maximum Gasteiger partial charge on any atom is 0.261 e. The number of carbonyl (C=O) groups excluding carboxylic acids is 1. The van der Waals surface area contributed by atoms with Crippen molar-refractivity contribution in [2.24, 2.45) is 0 Å². The van der Waals surface area contributed by atoms with Crippen LogP contribution in [0.2, 0.25) is 10.0 Å². The molecule has 9 heteroatoms. The number of sulfonamides is 1. The van der Waals surface area contributed by atoms with Gasteiger partial charge in [-0.05, 0) is 55.8 Å². The van der Waals surface area contributed by atoms with Gasteiger partial charge < -0.3 is 4.74 Å². The van der Waals surface area contributed by atoms with Crippen LogP contribution in [0.25, 0.3) is 0 Å². The number of carbonyl (C=O) groups is 1. The van der Waals surface area contributed by atoms with Crippen LogP contribution in [0, 0.1) is 6.92 Å². The number of hydrogen-bond donors (Lipinski definition) is 1. The zero-order valence-corrected chi connectivity index (χ0v) is 18.5. The zero-order chi connectivity index (χ0) is 21.9. The van der Waals surface area contributed by atoms with Gasteiger partial charge in [0.1, 0.15) is 11.4 Å². The van der Waals surface area contributed by atoms with Crippen LogP contribution >= 0.6 is 23.2 Å². The van der Waals surface area contributed by atoms with E-state index in [2.05, 4.69) is 9.71 Å². The highest BCUT2D eigenvalue weighted by atomic mass is 35.5. The molecule has 0 radical (unpaired) electrons. The molecule has 6 nitrogen and oxygen atoms in total. The SMILES string of the molecule is CCOc1ccccc1C(=O)c1ncc(Cl)cc1NS(=O)(=O)c1ccc(Cl)c(C)c1. The fourth-order valence-corrected chi connectivity index (χ4v) is 4.17. The summed E-state index contributed by atoms with van der Waals surface area (Å²) in [5.74, 6) is -0.121. The van der Waals surface area contributed by atoms with Crippen LogP contribution < -0.4 is 9.46 Å². The topological polar surface area (TPSA) is 85.4 Å². The summed E-state index contributed by atoms with van der Waals surface area (Å²) in [6, 6.07) is 12.3. The summed E-state index contributed by atoms with van der Waals surface area (Å²) in [5.41, 5.74) is 0.731. The molecule has 0 fully saturated rings. The number of halogens is 2. The van der Waals surface area contributed by atoms with E-state index in [9.17, 15) is 13.2 Å². The summed E-state index contributed by atoms with van der Waals surface area (Å²) < 4.78 is 33.7. The third-order valence-electron chi connectivity index (χ3n) is 4.18. The molecule has 3 rings (SSSR count). The molecule has 0 saturated heterocycles. The number of aryl methyl sites for hydroxylation is 1. The van der Waals surface area contributed by atoms with Crippen LogP contribution in [0.15, 0.2) is 59.6 Å². The van der Waals surface area contributed by atoms with Gasteiger partial charge in [0.15, 0.2) is 0 Å². The predicted octanol–water partition coefficient (Wildman–Crippen LogP) is 5.13. The smallest absolute Gasteiger partial charge is 0.261 e. The standard InChI is InChI=1S/C21H18Cl2N2O4S/c1-3-29-19-7-5-4-6-16(19)21(26)20-18(11-14(22)12-24-20)25-30(27,28)15-8-9-17(23)13(2)10-15/h4-12,25H,3H2,1-2H3. The van der Waals surface area contributed by atoms with Gasteiger partial charge in [-0.3, -0.25) is 9.52 Å². The Balaban J connectivity index is 2.04. The Morgan fingerprint density at radius 3 is 2.57 bits per heavy atom. The summed E-state index contributed by atoms with van der Waals surface area (Å²) >= 11 is 12.0. The molecular weight excluding hydrogens is 447 g/mol. The van der Waals surface area contributed by atoms with Gasteiger partial charge in [-0.2, -0.15) is 0 Å². The largest absolute Gasteiger partial charge is 0.493 e. The van der Waals surface area contributed by atoms with Crippen molar-refractivity contribution < 1.29 is 17.9 Å². The molecule has 156 valence electrons. The molecule has 0 atom stereocenters. The number of para-hydroxylation sites is 1. The molecule has 0 amide bonds. The number of ether oxygens (including phenoxy) is 1. The highest BCUT2D eigenvalue weighted by Crippen LogP contribution is 2.28. The summed E-state index contributed by atoms with van der Waals surface area (Å²) in [5, 5.41) is 0.622. The van der Waals surface area contributed by atoms with Gasteiger partial charge in [-0.25, -0.2) is 13.4 Å². The monoisotopic (exact) mass is 464 g/mol. The maximum absolute atomic E-state index is 13.2. The average molecular weight is 465 g/mol. The molecule has 0 aliphatic carbocycles. The van der Waals surface area contributed by atoms with Gasteiger partial charge in [-0.15, -0.1) is 0 Å². The van der Waals surface area contributed by atoms with E-state index in [1.54, 1.807) is 38.1 Å². The van der Waals surface area contributed by atoms with Crippen molar-refractivity contribution in [1.29, 1.82) is 0 Å². The first-order valence-corrected chi connectivity index (χ1v) is 11.2. The van der Waals surface area contributed by atoms with Gasteiger partial charge in [0, 0.05) is 11.2 Å². The molecular formula is C21H18Cl2N2O4S. The third kappa shape index (κ3) is 4.75. The minimum Gasteiger partial charge on any atom is -0.493 e. The van der Waals surface area contributed by atoms with E-state index in [-0.39, 0.29) is 26.9 Å². The molecule has 0 unspecified atom stereocenters. The molecule has 1 heterocycles. The maximum atomic E-state index is 13.2. The summed E-state index contributed by atoms with van der Waals surface area (Å²) in [6.45, 7) is 3.87. The van der Waals surface area contributed by atoms with Crippen LogP contribution in [-0.4, -0.2) is 25.8 Å². The Hall–Kier alpha value is -2.61. The number of ketones is 1. The van der Waals surface area contributed by atoms with Crippen molar-refractivity contribution in [1.82, 2.24) is 4.98 Å².